The van der Waals surface area contributed by atoms with Crippen molar-refractivity contribution >= 4 is 32.2 Å². The summed E-state index contributed by atoms with van der Waals surface area (Å²) in [7, 11) is -3.77. The third-order valence-electron chi connectivity index (χ3n) is 2.13. The van der Waals surface area contributed by atoms with Crippen molar-refractivity contribution < 1.29 is 4.12 Å². The Labute approximate surface area is 99.4 Å². The molecule has 1 unspecified atom stereocenters. The van der Waals surface area contributed by atoms with Crippen LogP contribution in [-0.2, 0) is 4.12 Å². The Morgan fingerprint density at radius 2 is 1.67 bits per heavy atom. The lowest BCUT2D eigenvalue weighted by molar-refractivity contribution is 0.572. The van der Waals surface area contributed by atoms with Crippen molar-refractivity contribution in [3.63, 3.8) is 0 Å². The molecule has 1 nitrogen and oxygen atoms in total. The second kappa shape index (κ2) is 4.83. The number of benzene rings is 1. The third kappa shape index (κ3) is 3.76. The van der Waals surface area contributed by atoms with Gasteiger partial charge in [0.25, 0.3) is 0 Å². The third-order valence-corrected chi connectivity index (χ3v) is 10.1. The van der Waals surface area contributed by atoms with Gasteiger partial charge in [-0.3, -0.25) is 0 Å². The zero-order valence-corrected chi connectivity index (χ0v) is 12.6. The zero-order valence-electron chi connectivity index (χ0n) is 9.88. The normalized spacial score (nSPS) is 16.1. The van der Waals surface area contributed by atoms with Crippen LogP contribution < -0.4 is 5.19 Å². The van der Waals surface area contributed by atoms with Crippen molar-refractivity contribution in [1.82, 2.24) is 0 Å². The molecule has 0 heterocycles. The Morgan fingerprint density at radius 3 is 2.07 bits per heavy atom. The van der Waals surface area contributed by atoms with Gasteiger partial charge in [0.1, 0.15) is 0 Å². The maximum Gasteiger partial charge on any atom is 0.312 e. The molecule has 1 aromatic carbocycles. The molecule has 0 amide bonds. The first-order chi connectivity index (χ1) is 6.87. The monoisotopic (exact) mass is 258 g/mol. The first-order valence-corrected chi connectivity index (χ1v) is 11.9. The van der Waals surface area contributed by atoms with E-state index in [0.29, 0.717) is 0 Å². The van der Waals surface area contributed by atoms with E-state index in [2.05, 4.69) is 38.7 Å². The summed E-state index contributed by atoms with van der Waals surface area (Å²) in [6.45, 7) is 8.69. The van der Waals surface area contributed by atoms with Gasteiger partial charge in [0.2, 0.25) is 0 Å². The summed E-state index contributed by atoms with van der Waals surface area (Å²) in [5, 5.41) is 1.19. The molecule has 0 saturated heterocycles. The molecular formula is C11H19ClOSi2. The maximum absolute atomic E-state index is 6.69. The molecular weight excluding hydrogens is 240 g/mol. The van der Waals surface area contributed by atoms with Gasteiger partial charge in [-0.2, -0.15) is 0 Å². The van der Waals surface area contributed by atoms with Crippen molar-refractivity contribution in [3.8, 4) is 0 Å². The van der Waals surface area contributed by atoms with Gasteiger partial charge in [0.05, 0.1) is 0 Å². The molecule has 0 N–H and O–H groups in total. The summed E-state index contributed by atoms with van der Waals surface area (Å²) < 4.78 is 6.20. The van der Waals surface area contributed by atoms with Crippen LogP contribution in [0.4, 0.5) is 0 Å². The quantitative estimate of drug-likeness (QED) is 0.594. The molecule has 0 aromatic heterocycles. The predicted molar refractivity (Wildman–Crippen MR) is 72.6 cm³/mol. The fourth-order valence-electron chi connectivity index (χ4n) is 1.51. The topological polar surface area (TPSA) is 9.23 Å². The highest BCUT2D eigenvalue weighted by molar-refractivity contribution is 7.25. The van der Waals surface area contributed by atoms with Crippen molar-refractivity contribution in [2.24, 2.45) is 0 Å². The molecule has 4 heteroatoms. The fourth-order valence-corrected chi connectivity index (χ4v) is 10.00. The highest BCUT2D eigenvalue weighted by atomic mass is 35.6. The van der Waals surface area contributed by atoms with E-state index >= 15 is 0 Å². The van der Waals surface area contributed by atoms with Gasteiger partial charge in [-0.15, -0.1) is 11.1 Å². The van der Waals surface area contributed by atoms with Gasteiger partial charge in [-0.1, -0.05) is 37.3 Å². The highest BCUT2D eigenvalue weighted by Gasteiger charge is 2.37. The molecule has 0 fully saturated rings. The fraction of sp³-hybridized carbons (Fsp3) is 0.455. The number of halogens is 1. The van der Waals surface area contributed by atoms with Crippen LogP contribution >= 0.6 is 11.1 Å². The lowest BCUT2D eigenvalue weighted by atomic mass is 10.4. The van der Waals surface area contributed by atoms with Gasteiger partial charge in [0.15, 0.2) is 8.32 Å². The van der Waals surface area contributed by atoms with Crippen LogP contribution in [0.5, 0.6) is 0 Å². The highest BCUT2D eigenvalue weighted by Crippen LogP contribution is 2.22. The first kappa shape index (κ1) is 13.0. The number of rotatable bonds is 4. The van der Waals surface area contributed by atoms with Crippen LogP contribution in [0, 0.1) is 0 Å². The molecule has 0 aliphatic heterocycles. The molecule has 0 aliphatic carbocycles. The van der Waals surface area contributed by atoms with Crippen LogP contribution in [-0.4, -0.2) is 15.9 Å². The average Bonchev–Trinajstić information content (AvgIpc) is 2.16. The summed E-state index contributed by atoms with van der Waals surface area (Å²) in [6, 6.07) is 11.2. The Kier molecular flexibility index (Phi) is 4.17. The van der Waals surface area contributed by atoms with Gasteiger partial charge in [0, 0.05) is 0 Å². The lowest BCUT2D eigenvalue weighted by Crippen LogP contribution is -2.51. The average molecular weight is 259 g/mol. The van der Waals surface area contributed by atoms with Gasteiger partial charge >= 0.3 is 7.63 Å². The SMILES string of the molecule is CC[Si](Cl)(O[Si](C)(C)C)c1ccccc1. The van der Waals surface area contributed by atoms with Gasteiger partial charge in [-0.05, 0) is 30.9 Å². The molecule has 1 rings (SSSR count). The Hall–Kier alpha value is -0.0962. The van der Waals surface area contributed by atoms with E-state index in [-0.39, 0.29) is 0 Å². The molecule has 84 valence electrons. The van der Waals surface area contributed by atoms with Crippen LogP contribution in [0.2, 0.25) is 25.7 Å². The van der Waals surface area contributed by atoms with Crippen molar-refractivity contribution in [3.05, 3.63) is 30.3 Å². The zero-order chi connectivity index (χ0) is 11.5. The van der Waals surface area contributed by atoms with Crippen LogP contribution in [0.25, 0.3) is 0 Å². The summed E-state index contributed by atoms with van der Waals surface area (Å²) in [6.07, 6.45) is 0. The smallest absolute Gasteiger partial charge is 0.312 e. The molecule has 0 bridgehead atoms. The first-order valence-electron chi connectivity index (χ1n) is 5.32. The van der Waals surface area contributed by atoms with Gasteiger partial charge < -0.3 is 4.12 Å². The molecule has 1 atom stereocenters. The lowest BCUT2D eigenvalue weighted by Gasteiger charge is -2.31. The molecule has 0 spiro atoms. The molecule has 0 saturated carbocycles. The Morgan fingerprint density at radius 1 is 1.13 bits per heavy atom. The summed E-state index contributed by atoms with van der Waals surface area (Å²) in [5.74, 6) is 0. The molecule has 15 heavy (non-hydrogen) atoms. The van der Waals surface area contributed by atoms with Crippen LogP contribution in [0.1, 0.15) is 6.92 Å². The maximum atomic E-state index is 6.69. The number of hydrogen-bond donors (Lipinski definition) is 0. The standard InChI is InChI=1S/C11H19ClOSi2/c1-5-15(12,13-14(2,3)4)11-9-7-6-8-10-11/h6-10H,5H2,1-4H3. The van der Waals surface area contributed by atoms with E-state index < -0.39 is 15.9 Å². The largest absolute Gasteiger partial charge is 0.442 e. The Balaban J connectivity index is 2.96. The predicted octanol–water partition coefficient (Wildman–Crippen LogP) is 3.45. The molecule has 0 aliphatic rings. The molecule has 1 aromatic rings. The van der Waals surface area contributed by atoms with Gasteiger partial charge in [-0.25, -0.2) is 0 Å². The van der Waals surface area contributed by atoms with Crippen molar-refractivity contribution in [2.45, 2.75) is 32.6 Å². The van der Waals surface area contributed by atoms with E-state index in [1.54, 1.807) is 0 Å². The summed E-state index contributed by atoms with van der Waals surface area (Å²) >= 11 is 6.69. The van der Waals surface area contributed by atoms with Crippen molar-refractivity contribution in [1.29, 1.82) is 0 Å². The minimum absolute atomic E-state index is 0.919. The van der Waals surface area contributed by atoms with E-state index in [1.807, 2.05) is 18.2 Å². The summed E-state index contributed by atoms with van der Waals surface area (Å²) in [5.41, 5.74) is 0. The minimum Gasteiger partial charge on any atom is -0.442 e. The van der Waals surface area contributed by atoms with E-state index in [1.165, 1.54) is 5.19 Å². The second-order valence-electron chi connectivity index (χ2n) is 4.66. The Bertz CT molecular complexity index is 310. The summed E-state index contributed by atoms with van der Waals surface area (Å²) in [4.78, 5) is 0. The van der Waals surface area contributed by atoms with Crippen molar-refractivity contribution in [2.75, 3.05) is 0 Å². The van der Waals surface area contributed by atoms with E-state index in [0.717, 1.165) is 6.04 Å². The second-order valence-corrected chi connectivity index (χ2v) is 14.3. The van der Waals surface area contributed by atoms with E-state index in [4.69, 9.17) is 15.2 Å². The van der Waals surface area contributed by atoms with Crippen LogP contribution in [0.3, 0.4) is 0 Å². The molecule has 0 radical (unpaired) electrons. The van der Waals surface area contributed by atoms with E-state index in [9.17, 15) is 0 Å². The number of hydrogen-bond acceptors (Lipinski definition) is 1. The van der Waals surface area contributed by atoms with Crippen LogP contribution in [0.15, 0.2) is 30.3 Å². The minimum atomic E-state index is -2.20.